The average Bonchev–Trinajstić information content (AvgIpc) is 3.46. The van der Waals surface area contributed by atoms with E-state index in [1.165, 1.54) is 11.3 Å². The van der Waals surface area contributed by atoms with Gasteiger partial charge in [0.15, 0.2) is 5.65 Å². The van der Waals surface area contributed by atoms with Gasteiger partial charge in [-0.2, -0.15) is 9.61 Å². The number of carbonyl (C=O) groups excluding carboxylic acids is 1. The van der Waals surface area contributed by atoms with E-state index in [0.29, 0.717) is 52.0 Å². The van der Waals surface area contributed by atoms with E-state index in [9.17, 15) is 9.90 Å². The molecule has 13 nitrogen and oxygen atoms in total. The second-order valence-electron chi connectivity index (χ2n) is 12.4. The molecule has 3 aromatic rings. The van der Waals surface area contributed by atoms with Gasteiger partial charge >= 0.3 is 6.09 Å². The first-order valence-electron chi connectivity index (χ1n) is 16.3. The summed E-state index contributed by atoms with van der Waals surface area (Å²) in [7, 11) is 1.69. The van der Waals surface area contributed by atoms with Gasteiger partial charge in [-0.05, 0) is 58.4 Å². The van der Waals surface area contributed by atoms with Crippen molar-refractivity contribution >= 4 is 23.4 Å². The van der Waals surface area contributed by atoms with Crippen LogP contribution in [0.25, 0.3) is 5.65 Å². The molecule has 1 unspecified atom stereocenters. The van der Waals surface area contributed by atoms with Gasteiger partial charge < -0.3 is 39.2 Å². The zero-order valence-electron chi connectivity index (χ0n) is 28.0. The minimum Gasteiger partial charge on any atom is -0.475 e. The summed E-state index contributed by atoms with van der Waals surface area (Å²) in [6.45, 7) is 11.8. The van der Waals surface area contributed by atoms with E-state index in [2.05, 4.69) is 33.3 Å². The van der Waals surface area contributed by atoms with Crippen LogP contribution in [-0.4, -0.2) is 107 Å². The van der Waals surface area contributed by atoms with E-state index in [4.69, 9.17) is 23.9 Å². The highest BCUT2D eigenvalue weighted by molar-refractivity contribution is 5.67. The van der Waals surface area contributed by atoms with Crippen LogP contribution in [0, 0.1) is 0 Å². The molecule has 1 fully saturated rings. The Bertz CT molecular complexity index is 1360. The van der Waals surface area contributed by atoms with Crippen LogP contribution >= 0.6 is 0 Å². The molecule has 1 atom stereocenters. The fraction of sp³-hybridized carbons (Fsp3) is 0.636. The summed E-state index contributed by atoms with van der Waals surface area (Å²) in [5.74, 6) is 2.32. The molecule has 46 heavy (non-hydrogen) atoms. The number of aryl methyl sites for hydroxylation is 1. The summed E-state index contributed by atoms with van der Waals surface area (Å²) in [6.07, 6.45) is 8.26. The van der Waals surface area contributed by atoms with Gasteiger partial charge in [0.25, 0.3) is 0 Å². The molecule has 0 radical (unpaired) electrons. The number of rotatable bonds is 17. The number of aliphatic hydroxyl groups excluding tert-OH is 1. The average molecular weight is 642 g/mol. The topological polar surface area (TPSA) is 136 Å². The van der Waals surface area contributed by atoms with Crippen molar-refractivity contribution < 1.29 is 28.8 Å². The number of aliphatic hydroxyl groups is 1. The number of likely N-dealkylation sites (N-methyl/N-ethyl adjacent to an activating group) is 1. The molecule has 0 aliphatic carbocycles. The number of aromatic nitrogens is 4. The van der Waals surface area contributed by atoms with Crippen molar-refractivity contribution in [3.63, 3.8) is 0 Å². The molecule has 4 heterocycles. The van der Waals surface area contributed by atoms with E-state index >= 15 is 0 Å². The van der Waals surface area contributed by atoms with Gasteiger partial charge in [-0.25, -0.2) is 14.8 Å². The number of nitrogens with one attached hydrogen (secondary N) is 1. The highest BCUT2D eigenvalue weighted by Gasteiger charge is 2.25. The third-order valence-electron chi connectivity index (χ3n) is 7.69. The molecule has 254 valence electrons. The largest absolute Gasteiger partial charge is 0.475 e. The van der Waals surface area contributed by atoms with Crippen molar-refractivity contribution in [1.82, 2.24) is 24.5 Å². The van der Waals surface area contributed by atoms with Gasteiger partial charge in [0.1, 0.15) is 23.8 Å². The van der Waals surface area contributed by atoms with Gasteiger partial charge in [0.05, 0.1) is 32.6 Å². The summed E-state index contributed by atoms with van der Waals surface area (Å²) < 4.78 is 24.0. The molecule has 2 N–H and O–H groups in total. The van der Waals surface area contributed by atoms with Crippen LogP contribution in [0.15, 0.2) is 30.6 Å². The van der Waals surface area contributed by atoms with Crippen LogP contribution in [0.4, 0.5) is 16.4 Å². The molecule has 1 amide bonds. The maximum atomic E-state index is 12.0. The van der Waals surface area contributed by atoms with Crippen LogP contribution in [0.3, 0.4) is 0 Å². The Balaban J connectivity index is 1.19. The summed E-state index contributed by atoms with van der Waals surface area (Å²) >= 11 is 0. The van der Waals surface area contributed by atoms with E-state index in [1.54, 1.807) is 13.2 Å². The first kappa shape index (κ1) is 35.2. The number of hydrogen-bond donors (Lipinski definition) is 2. The molecular formula is C33H51N7O6. The lowest BCUT2D eigenvalue weighted by Gasteiger charge is -2.36. The van der Waals surface area contributed by atoms with Gasteiger partial charge in [-0.15, -0.1) is 0 Å². The van der Waals surface area contributed by atoms with Gasteiger partial charge in [0, 0.05) is 63.2 Å². The standard InChI is InChI=1S/C33H51N7O6/c1-6-26-24-36-40-28(21-29(37-31(26)40)39-13-8-7-9-27(39)12-15-41)34-22-25-10-11-30(35-23-25)45-20-19-44-18-17-43-16-14-38(5)32(42)46-33(2,3)4/h10-11,21,23-24,27,34,41H,6-9,12-20,22H2,1-5H3. The van der Waals surface area contributed by atoms with Crippen molar-refractivity contribution in [2.75, 3.05) is 70.0 Å². The molecule has 0 bridgehead atoms. The maximum absolute atomic E-state index is 12.0. The number of amides is 1. The van der Waals surface area contributed by atoms with Gasteiger partial charge in [0.2, 0.25) is 5.88 Å². The number of hydrogen-bond acceptors (Lipinski definition) is 11. The van der Waals surface area contributed by atoms with Gasteiger partial charge in [-0.3, -0.25) is 0 Å². The van der Waals surface area contributed by atoms with Crippen molar-refractivity contribution in [2.24, 2.45) is 0 Å². The quantitative estimate of drug-likeness (QED) is 0.204. The molecule has 0 aromatic carbocycles. The third-order valence-corrected chi connectivity index (χ3v) is 7.69. The summed E-state index contributed by atoms with van der Waals surface area (Å²) in [5, 5.41) is 17.8. The highest BCUT2D eigenvalue weighted by Crippen LogP contribution is 2.29. The summed E-state index contributed by atoms with van der Waals surface area (Å²) in [5.41, 5.74) is 2.44. The number of fused-ring (bicyclic) bond motifs is 1. The molecule has 0 saturated carbocycles. The predicted molar refractivity (Wildman–Crippen MR) is 177 cm³/mol. The Labute approximate surface area is 272 Å². The summed E-state index contributed by atoms with van der Waals surface area (Å²) in [4.78, 5) is 25.3. The minimum absolute atomic E-state index is 0.175. The maximum Gasteiger partial charge on any atom is 0.410 e. The smallest absolute Gasteiger partial charge is 0.410 e. The lowest BCUT2D eigenvalue weighted by atomic mass is 9.99. The number of nitrogens with zero attached hydrogens (tertiary/aromatic N) is 6. The SMILES string of the molecule is CCc1cnn2c(NCc3ccc(OCCOCCOCCN(C)C(=O)OC(C)(C)C)nc3)cc(N3CCCCC3CCO)nc12. The van der Waals surface area contributed by atoms with Crippen LogP contribution in [0.5, 0.6) is 5.88 Å². The van der Waals surface area contributed by atoms with Crippen molar-refractivity contribution in [1.29, 1.82) is 0 Å². The molecule has 13 heteroatoms. The van der Waals surface area contributed by atoms with E-state index in [-0.39, 0.29) is 18.7 Å². The lowest BCUT2D eigenvalue weighted by molar-refractivity contribution is 0.0133. The number of ether oxygens (including phenoxy) is 4. The number of carbonyl (C=O) groups is 1. The zero-order chi connectivity index (χ0) is 32.9. The fourth-order valence-electron chi connectivity index (χ4n) is 5.22. The molecule has 4 rings (SSSR count). The van der Waals surface area contributed by atoms with E-state index < -0.39 is 5.60 Å². The Kier molecular flexibility index (Phi) is 13.2. The minimum atomic E-state index is -0.519. The molecule has 1 saturated heterocycles. The molecule has 3 aromatic heterocycles. The van der Waals surface area contributed by atoms with Crippen LogP contribution in [0.2, 0.25) is 0 Å². The highest BCUT2D eigenvalue weighted by atomic mass is 16.6. The molecule has 1 aliphatic rings. The molecule has 1 aliphatic heterocycles. The van der Waals surface area contributed by atoms with Gasteiger partial charge in [-0.1, -0.05) is 13.0 Å². The normalized spacial score (nSPS) is 15.3. The second-order valence-corrected chi connectivity index (χ2v) is 12.4. The first-order valence-corrected chi connectivity index (χ1v) is 16.3. The molecule has 0 spiro atoms. The number of pyridine rings is 1. The number of piperidine rings is 1. The van der Waals surface area contributed by atoms with E-state index in [1.807, 2.05) is 43.6 Å². The first-order chi connectivity index (χ1) is 22.2. The van der Waals surface area contributed by atoms with Crippen LogP contribution in [-0.2, 0) is 27.2 Å². The van der Waals surface area contributed by atoms with Crippen molar-refractivity contribution in [2.45, 2.75) is 78.0 Å². The van der Waals surface area contributed by atoms with Crippen molar-refractivity contribution in [3.8, 4) is 5.88 Å². The Morgan fingerprint density at radius 1 is 1.11 bits per heavy atom. The fourth-order valence-corrected chi connectivity index (χ4v) is 5.22. The Morgan fingerprint density at radius 2 is 1.89 bits per heavy atom. The number of anilines is 2. The Morgan fingerprint density at radius 3 is 2.61 bits per heavy atom. The second kappa shape index (κ2) is 17.3. The monoisotopic (exact) mass is 641 g/mol. The van der Waals surface area contributed by atoms with E-state index in [0.717, 1.165) is 60.6 Å². The third kappa shape index (κ3) is 10.4. The predicted octanol–water partition coefficient (Wildman–Crippen LogP) is 4.32. The molecular weight excluding hydrogens is 590 g/mol. The van der Waals surface area contributed by atoms with Crippen LogP contribution in [0.1, 0.15) is 64.5 Å². The zero-order valence-corrected chi connectivity index (χ0v) is 28.0. The van der Waals surface area contributed by atoms with Crippen LogP contribution < -0.4 is 15.0 Å². The lowest BCUT2D eigenvalue weighted by Crippen LogP contribution is -2.40. The summed E-state index contributed by atoms with van der Waals surface area (Å²) in [6, 6.07) is 6.19. The Hall–Kier alpha value is -3.68. The van der Waals surface area contributed by atoms with Crippen molar-refractivity contribution in [3.05, 3.63) is 41.7 Å².